The highest BCUT2D eigenvalue weighted by Crippen LogP contribution is 2.38. The lowest BCUT2D eigenvalue weighted by Gasteiger charge is -2.27. The molecule has 2 heterocycles. The molecule has 1 N–H and O–H groups in total. The number of carbonyl (C=O) groups excluding carboxylic acids is 1. The number of carbonyl (C=O) groups is 1. The summed E-state index contributed by atoms with van der Waals surface area (Å²) in [5, 5.41) is 4.13. The largest absolute Gasteiger partial charge is 0.361 e. The van der Waals surface area contributed by atoms with Gasteiger partial charge in [-0.3, -0.25) is 9.69 Å². The fourth-order valence-electron chi connectivity index (χ4n) is 3.24. The minimum atomic E-state index is -0.342. The van der Waals surface area contributed by atoms with Crippen LogP contribution in [0.25, 0.3) is 0 Å². The molecule has 0 bridgehead atoms. The summed E-state index contributed by atoms with van der Waals surface area (Å²) in [5.41, 5.74) is 4.62. The van der Waals surface area contributed by atoms with Crippen molar-refractivity contribution in [1.29, 1.82) is 0 Å². The van der Waals surface area contributed by atoms with Gasteiger partial charge in [0.15, 0.2) is 0 Å². The molecule has 0 unspecified atom stereocenters. The Kier molecular flexibility index (Phi) is 4.13. The maximum atomic E-state index is 13.1. The van der Waals surface area contributed by atoms with Gasteiger partial charge in [0.1, 0.15) is 12.0 Å². The van der Waals surface area contributed by atoms with E-state index >= 15 is 0 Å². The van der Waals surface area contributed by atoms with Gasteiger partial charge in [0.05, 0.1) is 0 Å². The summed E-state index contributed by atoms with van der Waals surface area (Å²) in [6.45, 7) is 4.00. The van der Waals surface area contributed by atoms with Gasteiger partial charge in [0.2, 0.25) is 0 Å². The number of hydrogen-bond donors (Lipinski definition) is 1. The Labute approximate surface area is 157 Å². The van der Waals surface area contributed by atoms with E-state index in [1.807, 2.05) is 68.4 Å². The van der Waals surface area contributed by atoms with Crippen LogP contribution in [0.4, 0.5) is 11.5 Å². The number of aryl methyl sites for hydroxylation is 2. The first-order valence-electron chi connectivity index (χ1n) is 8.42. The number of rotatable bonds is 3. The van der Waals surface area contributed by atoms with Crippen molar-refractivity contribution in [3.63, 3.8) is 0 Å². The molecule has 0 spiro atoms. The van der Waals surface area contributed by atoms with E-state index in [0.29, 0.717) is 16.4 Å². The number of halogens is 1. The number of hydrogen-bond acceptors (Lipinski definition) is 3. The Morgan fingerprint density at radius 2 is 1.88 bits per heavy atom. The van der Waals surface area contributed by atoms with Gasteiger partial charge < -0.3 is 5.32 Å². The van der Waals surface area contributed by atoms with Crippen LogP contribution in [0.3, 0.4) is 0 Å². The quantitative estimate of drug-likeness (QED) is 0.702. The molecule has 2 aromatic carbocycles. The van der Waals surface area contributed by atoms with Crippen LogP contribution in [0, 0.1) is 13.8 Å². The molecule has 5 heteroatoms. The van der Waals surface area contributed by atoms with Gasteiger partial charge in [-0.15, -0.1) is 0 Å². The van der Waals surface area contributed by atoms with E-state index in [1.54, 1.807) is 11.1 Å². The Balaban J connectivity index is 1.82. The van der Waals surface area contributed by atoms with Crippen molar-refractivity contribution in [3.8, 4) is 0 Å². The molecule has 1 aliphatic heterocycles. The topological polar surface area (TPSA) is 45.2 Å². The highest BCUT2D eigenvalue weighted by Gasteiger charge is 2.38. The van der Waals surface area contributed by atoms with Crippen LogP contribution in [0.15, 0.2) is 60.8 Å². The monoisotopic (exact) mass is 363 g/mol. The van der Waals surface area contributed by atoms with Crippen LogP contribution in [0.1, 0.15) is 33.2 Å². The number of nitrogens with zero attached hydrogens (tertiary/aromatic N) is 2. The molecule has 0 aliphatic carbocycles. The third kappa shape index (κ3) is 2.82. The highest BCUT2D eigenvalue weighted by atomic mass is 35.5. The first-order chi connectivity index (χ1) is 12.5. The standard InChI is InChI=1S/C21H18ClN3O/c1-13-9-10-23-19(11-13)25-20(16-5-3-4-6-17(16)21(25)26)24-18-12-15(22)8-7-14(18)2/h3-12,20,24H,1-2H3/t20-/m1/s1. The Bertz CT molecular complexity index is 1000. The summed E-state index contributed by atoms with van der Waals surface area (Å²) in [6.07, 6.45) is 1.38. The number of nitrogens with one attached hydrogen (secondary N) is 1. The second kappa shape index (κ2) is 6.46. The van der Waals surface area contributed by atoms with Gasteiger partial charge in [0, 0.05) is 28.0 Å². The molecule has 1 atom stereocenters. The van der Waals surface area contributed by atoms with Crippen LogP contribution >= 0.6 is 11.6 Å². The maximum Gasteiger partial charge on any atom is 0.261 e. The smallest absolute Gasteiger partial charge is 0.261 e. The van der Waals surface area contributed by atoms with Gasteiger partial charge >= 0.3 is 0 Å². The number of benzene rings is 2. The van der Waals surface area contributed by atoms with Crippen molar-refractivity contribution in [2.75, 3.05) is 10.2 Å². The normalized spacial score (nSPS) is 15.9. The molecule has 1 aromatic heterocycles. The van der Waals surface area contributed by atoms with Crippen molar-refractivity contribution in [3.05, 3.63) is 88.1 Å². The van der Waals surface area contributed by atoms with Gasteiger partial charge in [-0.25, -0.2) is 4.98 Å². The van der Waals surface area contributed by atoms with Gasteiger partial charge in [-0.2, -0.15) is 0 Å². The van der Waals surface area contributed by atoms with Crippen LogP contribution in [0.5, 0.6) is 0 Å². The molecule has 0 fully saturated rings. The predicted molar refractivity (Wildman–Crippen MR) is 105 cm³/mol. The maximum absolute atomic E-state index is 13.1. The van der Waals surface area contributed by atoms with Crippen molar-refractivity contribution in [2.45, 2.75) is 20.0 Å². The number of aromatic nitrogens is 1. The SMILES string of the molecule is Cc1ccnc(N2C(=O)c3ccccc3[C@@H]2Nc2cc(Cl)ccc2C)c1. The fourth-order valence-corrected chi connectivity index (χ4v) is 3.42. The summed E-state index contributed by atoms with van der Waals surface area (Å²) in [7, 11) is 0. The molecule has 0 saturated heterocycles. The second-order valence-electron chi connectivity index (χ2n) is 6.46. The lowest BCUT2D eigenvalue weighted by atomic mass is 10.1. The van der Waals surface area contributed by atoms with Crippen LogP contribution in [0.2, 0.25) is 5.02 Å². The highest BCUT2D eigenvalue weighted by molar-refractivity contribution is 6.30. The van der Waals surface area contributed by atoms with Crippen LogP contribution in [-0.4, -0.2) is 10.9 Å². The average Bonchev–Trinajstić information content (AvgIpc) is 2.91. The molecule has 1 amide bonds. The van der Waals surface area contributed by atoms with Crippen LogP contribution < -0.4 is 10.2 Å². The van der Waals surface area contributed by atoms with E-state index < -0.39 is 0 Å². The van der Waals surface area contributed by atoms with E-state index in [1.165, 1.54) is 0 Å². The number of pyridine rings is 1. The van der Waals surface area contributed by atoms with Gasteiger partial charge in [0.25, 0.3) is 5.91 Å². The zero-order valence-corrected chi connectivity index (χ0v) is 15.3. The summed E-state index contributed by atoms with van der Waals surface area (Å²) >= 11 is 6.17. The van der Waals surface area contributed by atoms with E-state index in [4.69, 9.17) is 11.6 Å². The van der Waals surface area contributed by atoms with E-state index in [-0.39, 0.29) is 12.1 Å². The molecule has 4 nitrogen and oxygen atoms in total. The first-order valence-corrected chi connectivity index (χ1v) is 8.80. The number of fused-ring (bicyclic) bond motifs is 1. The molecule has 4 rings (SSSR count). The zero-order chi connectivity index (χ0) is 18.3. The lowest BCUT2D eigenvalue weighted by Crippen LogP contribution is -2.33. The molecular weight excluding hydrogens is 346 g/mol. The Hall–Kier alpha value is -2.85. The molecular formula is C21H18ClN3O. The third-order valence-corrected chi connectivity index (χ3v) is 4.84. The second-order valence-corrected chi connectivity index (χ2v) is 6.90. The van der Waals surface area contributed by atoms with Crippen molar-refractivity contribution in [2.24, 2.45) is 0 Å². The Morgan fingerprint density at radius 3 is 2.69 bits per heavy atom. The molecule has 26 heavy (non-hydrogen) atoms. The molecule has 0 saturated carbocycles. The minimum absolute atomic E-state index is 0.0594. The zero-order valence-electron chi connectivity index (χ0n) is 14.5. The van der Waals surface area contributed by atoms with E-state index in [0.717, 1.165) is 22.4 Å². The summed E-state index contributed by atoms with van der Waals surface area (Å²) < 4.78 is 0. The van der Waals surface area contributed by atoms with Crippen molar-refractivity contribution >= 4 is 29.0 Å². The molecule has 3 aromatic rings. The summed E-state index contributed by atoms with van der Waals surface area (Å²) in [6, 6.07) is 17.2. The first kappa shape index (κ1) is 16.6. The van der Waals surface area contributed by atoms with Gasteiger partial charge in [-0.05, 0) is 55.3 Å². The van der Waals surface area contributed by atoms with Crippen LogP contribution in [-0.2, 0) is 0 Å². The minimum Gasteiger partial charge on any atom is -0.361 e. The van der Waals surface area contributed by atoms with Crippen molar-refractivity contribution in [1.82, 2.24) is 4.98 Å². The average molecular weight is 364 g/mol. The summed E-state index contributed by atoms with van der Waals surface area (Å²) in [4.78, 5) is 19.2. The Morgan fingerprint density at radius 1 is 1.08 bits per heavy atom. The molecule has 130 valence electrons. The van der Waals surface area contributed by atoms with E-state index in [9.17, 15) is 4.79 Å². The predicted octanol–water partition coefficient (Wildman–Crippen LogP) is 5.12. The van der Waals surface area contributed by atoms with E-state index in [2.05, 4.69) is 10.3 Å². The third-order valence-electron chi connectivity index (χ3n) is 4.60. The van der Waals surface area contributed by atoms with Gasteiger partial charge in [-0.1, -0.05) is 35.9 Å². The lowest BCUT2D eigenvalue weighted by molar-refractivity contribution is 0.0992. The molecule has 0 radical (unpaired) electrons. The van der Waals surface area contributed by atoms with Crippen molar-refractivity contribution < 1.29 is 4.79 Å². The summed E-state index contributed by atoms with van der Waals surface area (Å²) in [5.74, 6) is 0.569. The fraction of sp³-hybridized carbons (Fsp3) is 0.143. The molecule has 1 aliphatic rings. The number of amides is 1. The number of anilines is 2.